The van der Waals surface area contributed by atoms with Crippen LogP contribution in [0.25, 0.3) is 0 Å². The monoisotopic (exact) mass is 157 g/mol. The summed E-state index contributed by atoms with van der Waals surface area (Å²) >= 11 is 0. The predicted octanol–water partition coefficient (Wildman–Crippen LogP) is 0.867. The van der Waals surface area contributed by atoms with Crippen LogP contribution in [-0.4, -0.2) is 49.4 Å². The lowest BCUT2D eigenvalue weighted by Gasteiger charge is -2.23. The van der Waals surface area contributed by atoms with Gasteiger partial charge in [-0.3, -0.25) is 5.41 Å². The van der Waals surface area contributed by atoms with Crippen LogP contribution in [0.4, 0.5) is 0 Å². The van der Waals surface area contributed by atoms with E-state index in [-0.39, 0.29) is 0 Å². The minimum atomic E-state index is 0.708. The van der Waals surface area contributed by atoms with Crippen molar-refractivity contribution in [3.8, 4) is 0 Å². The van der Waals surface area contributed by atoms with Gasteiger partial charge < -0.3 is 9.80 Å². The molecule has 0 aromatic heterocycles. The van der Waals surface area contributed by atoms with Gasteiger partial charge in [0.15, 0.2) is 0 Å². The highest BCUT2D eigenvalue weighted by molar-refractivity contribution is 5.81. The van der Waals surface area contributed by atoms with Gasteiger partial charge >= 0.3 is 0 Å². The topological polar surface area (TPSA) is 30.3 Å². The molecule has 11 heavy (non-hydrogen) atoms. The Bertz CT molecular complexity index is 117. The number of nitrogens with zero attached hydrogens (tertiary/aromatic N) is 2. The van der Waals surface area contributed by atoms with Crippen LogP contribution >= 0.6 is 0 Å². The normalized spacial score (nSPS) is 10.3. The Morgan fingerprint density at radius 2 is 1.64 bits per heavy atom. The molecule has 0 fully saturated rings. The third-order valence-electron chi connectivity index (χ3n) is 1.61. The predicted molar refractivity (Wildman–Crippen MR) is 49.2 cm³/mol. The number of hydrogen-bond acceptors (Lipinski definition) is 2. The zero-order valence-electron chi connectivity index (χ0n) is 8.02. The molecular weight excluding hydrogens is 138 g/mol. The molecule has 3 nitrogen and oxygen atoms in total. The fourth-order valence-corrected chi connectivity index (χ4v) is 1.00. The highest BCUT2D eigenvalue weighted by Crippen LogP contribution is 1.90. The van der Waals surface area contributed by atoms with Crippen LogP contribution in [0.3, 0.4) is 0 Å². The lowest BCUT2D eigenvalue weighted by Crippen LogP contribution is -2.36. The summed E-state index contributed by atoms with van der Waals surface area (Å²) < 4.78 is 0. The van der Waals surface area contributed by atoms with E-state index in [4.69, 9.17) is 5.41 Å². The third kappa shape index (κ3) is 3.98. The Kier molecular flexibility index (Phi) is 4.86. The summed E-state index contributed by atoms with van der Waals surface area (Å²) in [5.41, 5.74) is 0. The molecular formula is C8H19N3. The van der Waals surface area contributed by atoms with Crippen molar-refractivity contribution < 1.29 is 0 Å². The van der Waals surface area contributed by atoms with Gasteiger partial charge in [0.25, 0.3) is 0 Å². The van der Waals surface area contributed by atoms with Gasteiger partial charge in [0.2, 0.25) is 0 Å². The van der Waals surface area contributed by atoms with Gasteiger partial charge in [-0.25, -0.2) is 0 Å². The molecule has 0 saturated heterocycles. The van der Waals surface area contributed by atoms with Gasteiger partial charge in [-0.05, 0) is 27.9 Å². The van der Waals surface area contributed by atoms with Crippen molar-refractivity contribution in [2.45, 2.75) is 13.8 Å². The quantitative estimate of drug-likeness (QED) is 0.485. The van der Waals surface area contributed by atoms with E-state index in [1.54, 1.807) is 0 Å². The smallest absolute Gasteiger partial charge is 0.110 e. The van der Waals surface area contributed by atoms with Crippen LogP contribution in [0.2, 0.25) is 0 Å². The van der Waals surface area contributed by atoms with Crippen LogP contribution in [-0.2, 0) is 0 Å². The molecule has 0 spiro atoms. The van der Waals surface area contributed by atoms with Crippen molar-refractivity contribution in [3.05, 3.63) is 0 Å². The Morgan fingerprint density at radius 3 is 1.91 bits per heavy atom. The first kappa shape index (κ1) is 10.4. The molecule has 0 heterocycles. The molecule has 0 aliphatic heterocycles. The second-order valence-electron chi connectivity index (χ2n) is 2.86. The minimum Gasteiger partial charge on any atom is -0.360 e. The summed E-state index contributed by atoms with van der Waals surface area (Å²) in [5.74, 6) is 0.708. The molecule has 0 aliphatic rings. The molecule has 0 saturated carbocycles. The zero-order chi connectivity index (χ0) is 8.85. The summed E-state index contributed by atoms with van der Waals surface area (Å²) in [6.07, 6.45) is 0. The highest BCUT2D eigenvalue weighted by Gasteiger charge is 2.04. The number of rotatable bonds is 4. The molecule has 0 radical (unpaired) electrons. The molecule has 0 rings (SSSR count). The zero-order valence-corrected chi connectivity index (χ0v) is 8.02. The maximum Gasteiger partial charge on any atom is 0.110 e. The first-order valence-corrected chi connectivity index (χ1v) is 4.08. The van der Waals surface area contributed by atoms with Crippen molar-refractivity contribution in [3.63, 3.8) is 0 Å². The van der Waals surface area contributed by atoms with Gasteiger partial charge in [0.05, 0.1) is 6.54 Å². The van der Waals surface area contributed by atoms with Crippen molar-refractivity contribution >= 4 is 5.84 Å². The Labute approximate surface area is 69.5 Å². The van der Waals surface area contributed by atoms with Crippen LogP contribution in [0.1, 0.15) is 13.8 Å². The first-order valence-electron chi connectivity index (χ1n) is 4.08. The summed E-state index contributed by atoms with van der Waals surface area (Å²) in [6.45, 7) is 6.76. The summed E-state index contributed by atoms with van der Waals surface area (Å²) in [7, 11) is 3.97. The van der Waals surface area contributed by atoms with E-state index in [0.29, 0.717) is 5.84 Å². The molecule has 0 unspecified atom stereocenters. The van der Waals surface area contributed by atoms with Crippen molar-refractivity contribution in [1.82, 2.24) is 9.80 Å². The second-order valence-corrected chi connectivity index (χ2v) is 2.86. The summed E-state index contributed by atoms with van der Waals surface area (Å²) in [5, 5.41) is 7.66. The average Bonchev–Trinajstić information content (AvgIpc) is 1.88. The van der Waals surface area contributed by atoms with Gasteiger partial charge in [-0.1, -0.05) is 0 Å². The number of amidine groups is 1. The van der Waals surface area contributed by atoms with E-state index in [0.717, 1.165) is 19.6 Å². The number of hydrogen-bond donors (Lipinski definition) is 1. The van der Waals surface area contributed by atoms with E-state index in [1.165, 1.54) is 0 Å². The molecule has 0 aliphatic carbocycles. The maximum atomic E-state index is 7.66. The molecule has 3 heteroatoms. The van der Waals surface area contributed by atoms with E-state index >= 15 is 0 Å². The molecule has 66 valence electrons. The molecule has 0 amide bonds. The molecule has 0 bridgehead atoms. The van der Waals surface area contributed by atoms with E-state index in [1.807, 2.05) is 19.0 Å². The first-order chi connectivity index (χ1) is 5.11. The van der Waals surface area contributed by atoms with E-state index in [2.05, 4.69) is 18.7 Å². The van der Waals surface area contributed by atoms with Crippen LogP contribution < -0.4 is 0 Å². The van der Waals surface area contributed by atoms with Crippen molar-refractivity contribution in [1.29, 1.82) is 5.41 Å². The third-order valence-corrected chi connectivity index (χ3v) is 1.61. The summed E-state index contributed by atoms with van der Waals surface area (Å²) in [6, 6.07) is 0. The Morgan fingerprint density at radius 1 is 1.18 bits per heavy atom. The summed E-state index contributed by atoms with van der Waals surface area (Å²) in [4.78, 5) is 4.07. The van der Waals surface area contributed by atoms with E-state index in [9.17, 15) is 0 Å². The number of nitrogens with one attached hydrogen (secondary N) is 1. The Balaban J connectivity index is 3.79. The average molecular weight is 157 g/mol. The molecule has 0 aromatic carbocycles. The minimum absolute atomic E-state index is 0.708. The van der Waals surface area contributed by atoms with Crippen LogP contribution in [0, 0.1) is 5.41 Å². The SMILES string of the molecule is CCN(CC)C(=N)CN(C)C. The number of likely N-dealkylation sites (N-methyl/N-ethyl adjacent to an activating group) is 2. The largest absolute Gasteiger partial charge is 0.360 e. The van der Waals surface area contributed by atoms with Crippen molar-refractivity contribution in [2.75, 3.05) is 33.7 Å². The van der Waals surface area contributed by atoms with Gasteiger partial charge in [0.1, 0.15) is 5.84 Å². The van der Waals surface area contributed by atoms with Crippen LogP contribution in [0.15, 0.2) is 0 Å². The molecule has 0 aromatic rings. The molecule has 0 atom stereocenters. The highest BCUT2D eigenvalue weighted by atomic mass is 15.2. The van der Waals surface area contributed by atoms with Gasteiger partial charge in [-0.15, -0.1) is 0 Å². The van der Waals surface area contributed by atoms with Gasteiger partial charge in [-0.2, -0.15) is 0 Å². The second kappa shape index (κ2) is 5.13. The van der Waals surface area contributed by atoms with Gasteiger partial charge in [0, 0.05) is 13.1 Å². The Hall–Kier alpha value is -0.570. The standard InChI is InChI=1S/C8H19N3/c1-5-11(6-2)8(9)7-10(3)4/h9H,5-7H2,1-4H3. The van der Waals surface area contributed by atoms with Crippen LogP contribution in [0.5, 0.6) is 0 Å². The fraction of sp³-hybridized carbons (Fsp3) is 0.875. The van der Waals surface area contributed by atoms with Crippen molar-refractivity contribution in [2.24, 2.45) is 0 Å². The lowest BCUT2D eigenvalue weighted by atomic mass is 10.4. The maximum absolute atomic E-state index is 7.66. The van der Waals surface area contributed by atoms with E-state index < -0.39 is 0 Å². The fourth-order valence-electron chi connectivity index (χ4n) is 1.00. The molecule has 1 N–H and O–H groups in total. The lowest BCUT2D eigenvalue weighted by molar-refractivity contribution is 0.403.